The first-order chi connectivity index (χ1) is 20.1. The van der Waals surface area contributed by atoms with Crippen molar-refractivity contribution < 1.29 is 28.9 Å². The van der Waals surface area contributed by atoms with Gasteiger partial charge in [-0.15, -0.1) is 12.4 Å². The number of carbonyl (C=O) groups is 2. The molecule has 43 heavy (non-hydrogen) atoms. The van der Waals surface area contributed by atoms with Crippen LogP contribution in [0.4, 0.5) is 4.39 Å². The van der Waals surface area contributed by atoms with Gasteiger partial charge in [-0.1, -0.05) is 26.0 Å². The zero-order chi connectivity index (χ0) is 30.6. The molecule has 0 spiro atoms. The minimum Gasteiger partial charge on any atom is -0.508 e. The maximum atomic E-state index is 14.0. The molecule has 3 aromatic rings. The number of aliphatic hydroxyl groups is 1. The van der Waals surface area contributed by atoms with Gasteiger partial charge in [0.2, 0.25) is 0 Å². The summed E-state index contributed by atoms with van der Waals surface area (Å²) in [6.45, 7) is 7.68. The van der Waals surface area contributed by atoms with Crippen molar-refractivity contribution in [2.45, 2.75) is 58.7 Å². The summed E-state index contributed by atoms with van der Waals surface area (Å²) in [5.74, 6) is -0.750. The Morgan fingerprint density at radius 2 is 1.67 bits per heavy atom. The van der Waals surface area contributed by atoms with Crippen LogP contribution in [0.5, 0.6) is 11.5 Å². The summed E-state index contributed by atoms with van der Waals surface area (Å²) >= 11 is 0. The van der Waals surface area contributed by atoms with E-state index in [-0.39, 0.29) is 42.6 Å². The van der Waals surface area contributed by atoms with Gasteiger partial charge in [-0.2, -0.15) is 0 Å². The molecule has 10 heteroatoms. The average molecular weight is 616 g/mol. The van der Waals surface area contributed by atoms with Gasteiger partial charge in [-0.3, -0.25) is 9.59 Å². The van der Waals surface area contributed by atoms with Crippen molar-refractivity contribution in [2.75, 3.05) is 26.7 Å². The second-order valence-electron chi connectivity index (χ2n) is 10.5. The zero-order valence-corrected chi connectivity index (χ0v) is 26.0. The number of methoxy groups -OCH3 is 1. The van der Waals surface area contributed by atoms with E-state index in [0.29, 0.717) is 30.8 Å². The fourth-order valence-corrected chi connectivity index (χ4v) is 4.90. The lowest BCUT2D eigenvalue weighted by atomic mass is 9.99. The molecule has 3 rings (SSSR count). The molecule has 0 unspecified atom stereocenters. The number of rotatable bonds is 15. The van der Waals surface area contributed by atoms with Crippen molar-refractivity contribution in [1.29, 1.82) is 0 Å². The monoisotopic (exact) mass is 615 g/mol. The van der Waals surface area contributed by atoms with E-state index in [1.54, 1.807) is 30.2 Å². The molecule has 234 valence electrons. The van der Waals surface area contributed by atoms with Crippen molar-refractivity contribution in [3.63, 3.8) is 0 Å². The van der Waals surface area contributed by atoms with Crippen molar-refractivity contribution in [3.8, 4) is 11.5 Å². The Morgan fingerprint density at radius 3 is 2.33 bits per heavy atom. The summed E-state index contributed by atoms with van der Waals surface area (Å²) in [5, 5.41) is 27.1. The summed E-state index contributed by atoms with van der Waals surface area (Å²) in [6.07, 6.45) is 0.663. The smallest absolute Gasteiger partial charge is 0.253 e. The maximum absolute atomic E-state index is 14.0. The van der Waals surface area contributed by atoms with Crippen molar-refractivity contribution in [1.82, 2.24) is 15.5 Å². The largest absolute Gasteiger partial charge is 0.508 e. The number of hydrogen-bond acceptors (Lipinski definition) is 6. The first kappa shape index (κ1) is 35.5. The lowest BCUT2D eigenvalue weighted by Gasteiger charge is -2.25. The molecule has 3 aromatic carbocycles. The summed E-state index contributed by atoms with van der Waals surface area (Å²) in [6, 6.07) is 15.4. The van der Waals surface area contributed by atoms with Crippen molar-refractivity contribution >= 4 is 24.2 Å². The molecule has 0 saturated carbocycles. The number of halogens is 2. The Kier molecular flexibility index (Phi) is 14.4. The zero-order valence-electron chi connectivity index (χ0n) is 25.2. The molecule has 0 radical (unpaired) electrons. The van der Waals surface area contributed by atoms with Crippen LogP contribution in [-0.2, 0) is 13.0 Å². The number of nitrogens with one attached hydrogen (secondary N) is 2. The third-order valence-electron chi connectivity index (χ3n) is 6.86. The number of benzene rings is 3. The third kappa shape index (κ3) is 10.8. The normalized spacial score (nSPS) is 12.1. The standard InChI is InChI=1S/C33H42FN3O5.ClH/c1-5-10-37(11-6-2)33(41)26-13-22(3)12-25(18-26)32(40)36-30(17-24-14-27(34)19-28(38)15-24)31(39)21-35-20-23-8-7-9-29(16-23)42-4;/h7-9,12-16,18-19,30-31,35,38-39H,5-6,10-11,17,20-21H2,1-4H3,(H,36,40);1H/t30-,31+;/m0./s1. The minimum atomic E-state index is -1.06. The predicted molar refractivity (Wildman–Crippen MR) is 169 cm³/mol. The molecule has 0 aliphatic carbocycles. The van der Waals surface area contributed by atoms with Crippen LogP contribution in [0, 0.1) is 12.7 Å². The number of phenolic OH excluding ortho intramolecular Hbond substituents is 1. The Bertz CT molecular complexity index is 1330. The molecule has 0 bridgehead atoms. The Balaban J connectivity index is 0.00000645. The molecule has 0 aliphatic rings. The SMILES string of the molecule is CCCN(CCC)C(=O)c1cc(C)cc(C(=O)N[C@@H](Cc2cc(O)cc(F)c2)[C@H](O)CNCc2cccc(OC)c2)c1.Cl. The number of aryl methyl sites for hydroxylation is 1. The lowest BCUT2D eigenvalue weighted by Crippen LogP contribution is -2.48. The van der Waals surface area contributed by atoms with Crippen LogP contribution in [0.3, 0.4) is 0 Å². The van der Waals surface area contributed by atoms with Crippen LogP contribution in [0.15, 0.2) is 60.7 Å². The Labute approximate surface area is 259 Å². The number of aliphatic hydroxyl groups excluding tert-OH is 1. The second-order valence-corrected chi connectivity index (χ2v) is 10.5. The van der Waals surface area contributed by atoms with E-state index in [4.69, 9.17) is 4.74 Å². The van der Waals surface area contributed by atoms with E-state index in [9.17, 15) is 24.2 Å². The summed E-state index contributed by atoms with van der Waals surface area (Å²) in [7, 11) is 1.59. The first-order valence-electron chi connectivity index (χ1n) is 14.3. The Morgan fingerprint density at radius 1 is 0.977 bits per heavy atom. The topological polar surface area (TPSA) is 111 Å². The highest BCUT2D eigenvalue weighted by molar-refractivity contribution is 6.00. The lowest BCUT2D eigenvalue weighted by molar-refractivity contribution is 0.0755. The van der Waals surface area contributed by atoms with Crippen LogP contribution in [0.1, 0.15) is 64.1 Å². The fourth-order valence-electron chi connectivity index (χ4n) is 4.90. The average Bonchev–Trinajstić information content (AvgIpc) is 2.95. The number of ether oxygens (including phenoxy) is 1. The van der Waals surface area contributed by atoms with Gasteiger partial charge in [0.15, 0.2) is 0 Å². The molecule has 0 saturated heterocycles. The quantitative estimate of drug-likeness (QED) is 0.191. The van der Waals surface area contributed by atoms with Gasteiger partial charge in [0.1, 0.15) is 17.3 Å². The molecular formula is C33H43ClFN3O5. The molecule has 0 fully saturated rings. The molecule has 0 aromatic heterocycles. The summed E-state index contributed by atoms with van der Waals surface area (Å²) in [5.41, 5.74) is 2.84. The molecular weight excluding hydrogens is 573 g/mol. The van der Waals surface area contributed by atoms with Crippen molar-refractivity contribution in [3.05, 3.63) is 94.3 Å². The van der Waals surface area contributed by atoms with E-state index in [1.165, 1.54) is 12.1 Å². The highest BCUT2D eigenvalue weighted by Crippen LogP contribution is 2.19. The molecule has 4 N–H and O–H groups in total. The van der Waals surface area contributed by atoms with E-state index in [1.807, 2.05) is 45.0 Å². The molecule has 0 heterocycles. The Hall–Kier alpha value is -3.66. The van der Waals surface area contributed by atoms with Crippen LogP contribution >= 0.6 is 12.4 Å². The van der Waals surface area contributed by atoms with Crippen LogP contribution in [-0.4, -0.2) is 65.8 Å². The maximum Gasteiger partial charge on any atom is 0.253 e. The van der Waals surface area contributed by atoms with E-state index in [0.717, 1.165) is 35.8 Å². The molecule has 8 nitrogen and oxygen atoms in total. The van der Waals surface area contributed by atoms with E-state index >= 15 is 0 Å². The van der Waals surface area contributed by atoms with Crippen LogP contribution in [0.2, 0.25) is 0 Å². The second kappa shape index (κ2) is 17.5. The fraction of sp³-hybridized carbons (Fsp3) is 0.394. The number of amides is 2. The van der Waals surface area contributed by atoms with E-state index in [2.05, 4.69) is 10.6 Å². The van der Waals surface area contributed by atoms with Gasteiger partial charge in [0, 0.05) is 43.4 Å². The van der Waals surface area contributed by atoms with Crippen molar-refractivity contribution in [2.24, 2.45) is 0 Å². The minimum absolute atomic E-state index is 0. The van der Waals surface area contributed by atoms with Gasteiger partial charge < -0.3 is 30.5 Å². The highest BCUT2D eigenvalue weighted by atomic mass is 35.5. The van der Waals surface area contributed by atoms with Crippen LogP contribution in [0.25, 0.3) is 0 Å². The number of nitrogens with zero attached hydrogens (tertiary/aromatic N) is 1. The number of aromatic hydroxyl groups is 1. The first-order valence-corrected chi connectivity index (χ1v) is 14.3. The summed E-state index contributed by atoms with van der Waals surface area (Å²) < 4.78 is 19.3. The predicted octanol–water partition coefficient (Wildman–Crippen LogP) is 5.02. The molecule has 0 aliphatic heterocycles. The number of hydrogen-bond donors (Lipinski definition) is 4. The van der Waals surface area contributed by atoms with Gasteiger partial charge >= 0.3 is 0 Å². The van der Waals surface area contributed by atoms with Gasteiger partial charge in [0.25, 0.3) is 11.8 Å². The molecule has 2 atom stereocenters. The van der Waals surface area contributed by atoms with E-state index < -0.39 is 23.9 Å². The number of phenols is 1. The third-order valence-corrected chi connectivity index (χ3v) is 6.86. The summed E-state index contributed by atoms with van der Waals surface area (Å²) in [4.78, 5) is 28.5. The number of carbonyl (C=O) groups excluding carboxylic acids is 2. The van der Waals surface area contributed by atoms with Gasteiger partial charge in [0.05, 0.1) is 19.3 Å². The van der Waals surface area contributed by atoms with Gasteiger partial charge in [-0.05, 0) is 85.3 Å². The molecule has 2 amide bonds. The van der Waals surface area contributed by atoms with Crippen LogP contribution < -0.4 is 15.4 Å². The van der Waals surface area contributed by atoms with Gasteiger partial charge in [-0.25, -0.2) is 4.39 Å². The highest BCUT2D eigenvalue weighted by Gasteiger charge is 2.24.